The molecule has 1 unspecified atom stereocenters. The third-order valence-electron chi connectivity index (χ3n) is 16.7. The van der Waals surface area contributed by atoms with Crippen molar-refractivity contribution in [3.8, 4) is 0 Å². The van der Waals surface area contributed by atoms with Gasteiger partial charge in [0.25, 0.3) is 0 Å². The fraction of sp³-hybridized carbons (Fsp3) is 0.938. The molecule has 0 aromatic rings. The predicted molar refractivity (Wildman–Crippen MR) is 266 cm³/mol. The molecular weight excluding hydrogens is 819 g/mol. The van der Waals surface area contributed by atoms with Crippen LogP contribution in [0, 0.1) is 46.3 Å². The lowest BCUT2D eigenvalue weighted by molar-refractivity contribution is -0.131. The van der Waals surface area contributed by atoms with E-state index in [2.05, 4.69) is 89.4 Å². The van der Waals surface area contributed by atoms with Crippen LogP contribution in [0.2, 0.25) is 0 Å². The molecule has 0 aromatic heterocycles. The van der Waals surface area contributed by atoms with E-state index >= 15 is 0 Å². The quantitative estimate of drug-likeness (QED) is 0.0481. The van der Waals surface area contributed by atoms with Gasteiger partial charge in [0, 0.05) is 41.6 Å². The molecule has 0 aromatic carbocycles. The van der Waals surface area contributed by atoms with Crippen LogP contribution < -0.4 is 16.8 Å². The van der Waals surface area contributed by atoms with Crippen LogP contribution in [0.1, 0.15) is 191 Å². The van der Waals surface area contributed by atoms with E-state index in [1.54, 1.807) is 5.57 Å². The Balaban J connectivity index is 0.00000561. The summed E-state index contributed by atoms with van der Waals surface area (Å²) in [6.07, 6.45) is 26.8. The molecule has 3 fully saturated rings. The van der Waals surface area contributed by atoms with Crippen LogP contribution >= 0.6 is 58.8 Å². The smallest absolute Gasteiger partial charge is 0.223 e. The van der Waals surface area contributed by atoms with Gasteiger partial charge >= 0.3 is 0 Å². The van der Waals surface area contributed by atoms with Crippen molar-refractivity contribution in [2.24, 2.45) is 57.8 Å². The normalized spacial score (nSPS) is 28.6. The van der Waals surface area contributed by atoms with Gasteiger partial charge in [-0.3, -0.25) is 4.79 Å². The molecule has 0 radical (unpaired) electrons. The van der Waals surface area contributed by atoms with Crippen molar-refractivity contribution in [1.82, 2.24) is 10.2 Å². The molecule has 10 heteroatoms. The summed E-state index contributed by atoms with van der Waals surface area (Å²) in [4.78, 5) is 15.8. The molecule has 0 heterocycles. The van der Waals surface area contributed by atoms with Crippen molar-refractivity contribution in [3.63, 3.8) is 0 Å². The van der Waals surface area contributed by atoms with Crippen molar-refractivity contribution in [3.05, 3.63) is 11.6 Å². The molecule has 0 spiro atoms. The molecule has 58 heavy (non-hydrogen) atoms. The molecule has 4 rings (SSSR count). The second kappa shape index (κ2) is 26.4. The maximum Gasteiger partial charge on any atom is 0.223 e. The van der Waals surface area contributed by atoms with Crippen molar-refractivity contribution < 1.29 is 4.79 Å². The molecule has 5 nitrogen and oxygen atoms in total. The molecule has 4 aliphatic carbocycles. The Hall–Kier alpha value is 0.660. The number of hydrogen-bond donors (Lipinski definition) is 3. The Labute approximate surface area is 385 Å². The Bertz CT molecular complexity index is 1200. The fourth-order valence-corrected chi connectivity index (χ4v) is 14.7. The maximum atomic E-state index is 13.6. The zero-order valence-electron chi connectivity index (χ0n) is 38.8. The van der Waals surface area contributed by atoms with Gasteiger partial charge in [-0.1, -0.05) is 115 Å². The van der Waals surface area contributed by atoms with Crippen LogP contribution in [-0.2, 0) is 4.79 Å². The summed E-state index contributed by atoms with van der Waals surface area (Å²) in [5.74, 6) is 6.60. The number of unbranched alkanes of at least 4 members (excludes halogenated alkanes) is 1. The predicted octanol–water partition coefficient (Wildman–Crippen LogP) is 13.4. The first kappa shape index (κ1) is 56.7. The standard InChI is InChI=1S/C48H90N4OS2.3ClH/c1-10-47(49,11-2)28-31-51-30-14-15-32-52(33-29-48(50,12-3)13-4)44(53)25-34-54-55-39-23-26-45(8)38(35-39)19-20-40-42-22-21-41(37(7)18-16-17-36(5)6)46(42,9)27-24-43(40)45;;;/h19,36-37,39-43,51H,10-18,20-35,49-50H2,1-9H3;3*1H/t37?,39-,40-,41+,42-,43-,45-,46+;;;/m0.../s1. The van der Waals surface area contributed by atoms with Gasteiger partial charge in [0.1, 0.15) is 0 Å². The van der Waals surface area contributed by atoms with E-state index in [0.29, 0.717) is 28.4 Å². The molecule has 344 valence electrons. The van der Waals surface area contributed by atoms with Gasteiger partial charge in [0.15, 0.2) is 0 Å². The van der Waals surface area contributed by atoms with Crippen LogP contribution in [-0.4, -0.2) is 59.1 Å². The summed E-state index contributed by atoms with van der Waals surface area (Å²) < 4.78 is 0. The highest BCUT2D eigenvalue weighted by molar-refractivity contribution is 8.76. The molecular formula is C48H93Cl3N4OS2. The molecule has 1 amide bonds. The van der Waals surface area contributed by atoms with E-state index in [0.717, 1.165) is 119 Å². The van der Waals surface area contributed by atoms with E-state index in [4.69, 9.17) is 11.5 Å². The number of nitrogens with two attached hydrogens (primary N) is 2. The maximum absolute atomic E-state index is 13.6. The minimum absolute atomic E-state index is 0. The highest BCUT2D eigenvalue weighted by Crippen LogP contribution is 2.67. The van der Waals surface area contributed by atoms with Gasteiger partial charge in [-0.2, -0.15) is 0 Å². The Kier molecular flexibility index (Phi) is 25.8. The minimum Gasteiger partial charge on any atom is -0.343 e. The molecule has 8 atom stereocenters. The number of amides is 1. The lowest BCUT2D eigenvalue weighted by Gasteiger charge is -2.58. The summed E-state index contributed by atoms with van der Waals surface area (Å²) >= 11 is 0. The van der Waals surface area contributed by atoms with E-state index in [1.807, 2.05) is 10.8 Å². The molecule has 3 saturated carbocycles. The third kappa shape index (κ3) is 14.9. The van der Waals surface area contributed by atoms with Crippen LogP contribution in [0.5, 0.6) is 0 Å². The number of carbonyl (C=O) groups is 1. The average molecular weight is 913 g/mol. The second-order valence-corrected chi connectivity index (χ2v) is 23.1. The fourth-order valence-electron chi connectivity index (χ4n) is 12.1. The van der Waals surface area contributed by atoms with Gasteiger partial charge in [-0.15, -0.1) is 37.2 Å². The monoisotopic (exact) mass is 911 g/mol. The van der Waals surface area contributed by atoms with E-state index in [9.17, 15) is 4.79 Å². The first-order chi connectivity index (χ1) is 26.2. The average Bonchev–Trinajstić information content (AvgIpc) is 3.54. The Morgan fingerprint density at radius 2 is 1.52 bits per heavy atom. The van der Waals surface area contributed by atoms with Crippen molar-refractivity contribution in [2.45, 2.75) is 207 Å². The van der Waals surface area contributed by atoms with Gasteiger partial charge in [-0.25, -0.2) is 0 Å². The number of halogens is 3. The van der Waals surface area contributed by atoms with Crippen molar-refractivity contribution in [2.75, 3.05) is 31.9 Å². The van der Waals surface area contributed by atoms with E-state index < -0.39 is 0 Å². The Morgan fingerprint density at radius 3 is 2.17 bits per heavy atom. The van der Waals surface area contributed by atoms with E-state index in [-0.39, 0.29) is 48.3 Å². The number of allylic oxidation sites excluding steroid dienone is 2. The van der Waals surface area contributed by atoms with Gasteiger partial charge in [0.2, 0.25) is 5.91 Å². The molecule has 0 saturated heterocycles. The largest absolute Gasteiger partial charge is 0.343 e. The van der Waals surface area contributed by atoms with Crippen LogP contribution in [0.15, 0.2) is 11.6 Å². The molecule has 0 aliphatic heterocycles. The number of fused-ring (bicyclic) bond motifs is 5. The number of nitrogens with zero attached hydrogens (tertiary/aromatic N) is 1. The molecule has 4 aliphatic rings. The number of rotatable bonds is 25. The summed E-state index contributed by atoms with van der Waals surface area (Å²) in [7, 11) is 4.05. The topological polar surface area (TPSA) is 84.4 Å². The number of hydrogen-bond acceptors (Lipinski definition) is 6. The van der Waals surface area contributed by atoms with Gasteiger partial charge in [0.05, 0.1) is 0 Å². The highest BCUT2D eigenvalue weighted by Gasteiger charge is 2.59. The summed E-state index contributed by atoms with van der Waals surface area (Å²) in [6.45, 7) is 25.1. The number of nitrogens with one attached hydrogen (secondary N) is 1. The van der Waals surface area contributed by atoms with Gasteiger partial charge in [-0.05, 0) is 162 Å². The first-order valence-corrected chi connectivity index (χ1v) is 26.1. The second-order valence-electron chi connectivity index (χ2n) is 20.3. The Morgan fingerprint density at radius 1 is 0.845 bits per heavy atom. The summed E-state index contributed by atoms with van der Waals surface area (Å²) in [5, 5.41) is 4.29. The summed E-state index contributed by atoms with van der Waals surface area (Å²) in [6, 6.07) is 0. The zero-order valence-corrected chi connectivity index (χ0v) is 42.9. The molecule has 5 N–H and O–H groups in total. The van der Waals surface area contributed by atoms with Crippen molar-refractivity contribution in [1.29, 1.82) is 0 Å². The lowest BCUT2D eigenvalue weighted by atomic mass is 9.47. The minimum atomic E-state index is -0.177. The zero-order chi connectivity index (χ0) is 40.3. The van der Waals surface area contributed by atoms with E-state index in [1.165, 1.54) is 70.6 Å². The SMILES string of the molecule is CCC(N)(CC)CCNCCCCN(CCC(N)(CC)CC)C(=O)CCSS[C@H]1CC[C@@]2(C)C(=CC[C@H]3[C@@H]4CC[C@H](C(C)CCCC(C)C)[C@@]4(C)CC[C@@H]32)C1.Cl.Cl.Cl. The number of carbonyl (C=O) groups excluding carboxylic acids is 1. The van der Waals surface area contributed by atoms with Crippen molar-refractivity contribution >= 4 is 64.7 Å². The van der Waals surface area contributed by atoms with Crippen LogP contribution in [0.3, 0.4) is 0 Å². The molecule has 0 bridgehead atoms. The highest BCUT2D eigenvalue weighted by atomic mass is 35.5. The summed E-state index contributed by atoms with van der Waals surface area (Å²) in [5.41, 5.74) is 15.7. The van der Waals surface area contributed by atoms with Crippen LogP contribution in [0.4, 0.5) is 0 Å². The lowest BCUT2D eigenvalue weighted by Crippen LogP contribution is -2.50. The first-order valence-electron chi connectivity index (χ1n) is 23.7. The van der Waals surface area contributed by atoms with Crippen LogP contribution in [0.25, 0.3) is 0 Å². The third-order valence-corrected chi connectivity index (χ3v) is 19.6. The van der Waals surface area contributed by atoms with Gasteiger partial charge < -0.3 is 21.7 Å².